The van der Waals surface area contributed by atoms with Gasteiger partial charge in [-0.2, -0.15) is 0 Å². The zero-order valence-electron chi connectivity index (χ0n) is 16.7. The minimum absolute atomic E-state index is 0.151. The predicted molar refractivity (Wildman–Crippen MR) is 117 cm³/mol. The zero-order valence-corrected chi connectivity index (χ0v) is 17.5. The van der Waals surface area contributed by atoms with Crippen molar-refractivity contribution in [3.05, 3.63) is 83.9 Å². The first-order valence-corrected chi connectivity index (χ1v) is 10.7. The van der Waals surface area contributed by atoms with Crippen LogP contribution < -0.4 is 20.1 Å². The smallest absolute Gasteiger partial charge is 0.253 e. The number of carbonyl (C=O) groups is 1. The third kappa shape index (κ3) is 5.16. The molecule has 0 saturated carbocycles. The summed E-state index contributed by atoms with van der Waals surface area (Å²) < 4.78 is 31.4. The molecule has 30 heavy (non-hydrogen) atoms. The molecule has 0 aliphatic heterocycles. The fourth-order valence-corrected chi connectivity index (χ4v) is 3.64. The molecule has 0 aliphatic rings. The van der Waals surface area contributed by atoms with Crippen LogP contribution in [0.2, 0.25) is 0 Å². The molecule has 0 unspecified atom stereocenters. The Morgan fingerprint density at radius 2 is 1.70 bits per heavy atom. The number of sulfonamides is 1. The van der Waals surface area contributed by atoms with Crippen molar-refractivity contribution >= 4 is 27.3 Å². The molecule has 3 rings (SSSR count). The molecule has 7 nitrogen and oxygen atoms in total. The maximum absolute atomic E-state index is 12.8. The number of benzene rings is 3. The topological polar surface area (TPSA) is 96.5 Å². The van der Waals surface area contributed by atoms with Crippen LogP contribution in [0.25, 0.3) is 0 Å². The van der Waals surface area contributed by atoms with Gasteiger partial charge in [0.1, 0.15) is 5.75 Å². The molecule has 3 aromatic carbocycles. The maximum Gasteiger partial charge on any atom is 0.253 e. The van der Waals surface area contributed by atoms with Crippen LogP contribution in [0.3, 0.4) is 0 Å². The van der Waals surface area contributed by atoms with Gasteiger partial charge in [-0.05, 0) is 61.1 Å². The minimum Gasteiger partial charge on any atom is -0.497 e. The maximum atomic E-state index is 12.8. The molecular formula is C22H23N3O4S. The number of para-hydroxylation sites is 1. The summed E-state index contributed by atoms with van der Waals surface area (Å²) in [6.45, 7) is 0.197. The molecule has 3 N–H and O–H groups in total. The van der Waals surface area contributed by atoms with Crippen molar-refractivity contribution in [3.8, 4) is 5.75 Å². The van der Waals surface area contributed by atoms with Crippen LogP contribution in [-0.2, 0) is 16.6 Å². The zero-order chi connectivity index (χ0) is 21.6. The van der Waals surface area contributed by atoms with Gasteiger partial charge >= 0.3 is 0 Å². The summed E-state index contributed by atoms with van der Waals surface area (Å²) in [6, 6.07) is 21.0. The Morgan fingerprint density at radius 3 is 2.40 bits per heavy atom. The van der Waals surface area contributed by atoms with E-state index in [0.29, 0.717) is 16.8 Å². The fraction of sp³-hybridized carbons (Fsp3) is 0.136. The molecule has 0 heterocycles. The molecule has 0 spiro atoms. The molecule has 8 heteroatoms. The normalized spacial score (nSPS) is 11.0. The summed E-state index contributed by atoms with van der Waals surface area (Å²) in [5, 5.41) is 6.08. The van der Waals surface area contributed by atoms with Gasteiger partial charge in [0.25, 0.3) is 5.91 Å². The van der Waals surface area contributed by atoms with Gasteiger partial charge in [-0.3, -0.25) is 4.79 Å². The molecule has 0 atom stereocenters. The number of ether oxygens (including phenoxy) is 1. The van der Waals surface area contributed by atoms with E-state index in [4.69, 9.17) is 4.74 Å². The van der Waals surface area contributed by atoms with Crippen LogP contribution in [0, 0.1) is 0 Å². The Morgan fingerprint density at radius 1 is 0.967 bits per heavy atom. The highest BCUT2D eigenvalue weighted by Gasteiger charge is 2.13. The van der Waals surface area contributed by atoms with Gasteiger partial charge in [-0.1, -0.05) is 24.3 Å². The van der Waals surface area contributed by atoms with Crippen LogP contribution in [0.4, 0.5) is 11.4 Å². The monoisotopic (exact) mass is 425 g/mol. The van der Waals surface area contributed by atoms with Crippen molar-refractivity contribution in [1.82, 2.24) is 10.0 Å². The Bertz CT molecular complexity index is 1130. The second-order valence-electron chi connectivity index (χ2n) is 6.44. The highest BCUT2D eigenvalue weighted by molar-refractivity contribution is 7.89. The van der Waals surface area contributed by atoms with Crippen LogP contribution in [0.15, 0.2) is 77.7 Å². The van der Waals surface area contributed by atoms with Gasteiger partial charge in [0, 0.05) is 12.2 Å². The average molecular weight is 426 g/mol. The summed E-state index contributed by atoms with van der Waals surface area (Å²) in [5.41, 5.74) is 2.64. The largest absolute Gasteiger partial charge is 0.497 e. The number of carbonyl (C=O) groups excluding carboxylic acids is 1. The molecule has 3 aromatic rings. The van der Waals surface area contributed by atoms with E-state index in [1.54, 1.807) is 31.4 Å². The summed E-state index contributed by atoms with van der Waals surface area (Å²) in [6.07, 6.45) is 0. The Balaban J connectivity index is 1.73. The number of anilines is 2. The van der Waals surface area contributed by atoms with E-state index in [9.17, 15) is 13.2 Å². The first kappa shape index (κ1) is 21.4. The molecule has 0 aromatic heterocycles. The van der Waals surface area contributed by atoms with Gasteiger partial charge in [0.15, 0.2) is 0 Å². The molecule has 0 saturated heterocycles. The quantitative estimate of drug-likeness (QED) is 0.515. The highest BCUT2D eigenvalue weighted by Crippen LogP contribution is 2.23. The van der Waals surface area contributed by atoms with Crippen LogP contribution in [0.5, 0.6) is 5.75 Å². The van der Waals surface area contributed by atoms with E-state index in [1.807, 2.05) is 36.4 Å². The fourth-order valence-electron chi connectivity index (χ4n) is 2.84. The molecular weight excluding hydrogens is 402 g/mol. The van der Waals surface area contributed by atoms with Gasteiger partial charge < -0.3 is 15.4 Å². The SMILES string of the molecule is CNS(=O)(=O)c1cccc(CNC(=O)c2ccccc2Nc2ccc(OC)cc2)c1. The predicted octanol–water partition coefficient (Wildman–Crippen LogP) is 3.28. The lowest BCUT2D eigenvalue weighted by Crippen LogP contribution is -2.24. The van der Waals surface area contributed by atoms with Gasteiger partial charge in [-0.15, -0.1) is 0 Å². The van der Waals surface area contributed by atoms with Crippen molar-refractivity contribution in [1.29, 1.82) is 0 Å². The second-order valence-corrected chi connectivity index (χ2v) is 8.32. The molecule has 0 radical (unpaired) electrons. The second kappa shape index (κ2) is 9.43. The van der Waals surface area contributed by atoms with Crippen LogP contribution in [0.1, 0.15) is 15.9 Å². The highest BCUT2D eigenvalue weighted by atomic mass is 32.2. The standard InChI is InChI=1S/C22H23N3O4S/c1-23-30(27,28)19-7-5-6-16(14-19)15-24-22(26)20-8-3-4-9-21(20)25-17-10-12-18(29-2)13-11-17/h3-14,23,25H,15H2,1-2H3,(H,24,26). The number of methoxy groups -OCH3 is 1. The summed E-state index contributed by atoms with van der Waals surface area (Å²) in [4.78, 5) is 12.9. The van der Waals surface area contributed by atoms with E-state index < -0.39 is 10.0 Å². The molecule has 1 amide bonds. The van der Waals surface area contributed by atoms with Crippen molar-refractivity contribution in [2.75, 3.05) is 19.5 Å². The summed E-state index contributed by atoms with van der Waals surface area (Å²) in [5.74, 6) is 0.475. The molecule has 156 valence electrons. The van der Waals surface area contributed by atoms with E-state index in [-0.39, 0.29) is 17.3 Å². The summed E-state index contributed by atoms with van der Waals surface area (Å²) >= 11 is 0. The third-order valence-corrected chi connectivity index (χ3v) is 5.88. The van der Waals surface area contributed by atoms with Gasteiger partial charge in [-0.25, -0.2) is 13.1 Å². The van der Waals surface area contributed by atoms with Crippen molar-refractivity contribution in [2.24, 2.45) is 0 Å². The number of hydrogen-bond donors (Lipinski definition) is 3. The number of hydrogen-bond acceptors (Lipinski definition) is 5. The lowest BCUT2D eigenvalue weighted by molar-refractivity contribution is 0.0951. The van der Waals surface area contributed by atoms with Crippen LogP contribution in [-0.4, -0.2) is 28.5 Å². The number of nitrogens with one attached hydrogen (secondary N) is 3. The van der Waals surface area contributed by atoms with E-state index >= 15 is 0 Å². The van der Waals surface area contributed by atoms with Gasteiger partial charge in [0.2, 0.25) is 10.0 Å². The van der Waals surface area contributed by atoms with E-state index in [0.717, 1.165) is 11.4 Å². The molecule has 0 fully saturated rings. The molecule has 0 bridgehead atoms. The Labute approximate surface area is 176 Å². The average Bonchev–Trinajstić information content (AvgIpc) is 2.78. The lowest BCUT2D eigenvalue weighted by Gasteiger charge is -2.13. The lowest BCUT2D eigenvalue weighted by atomic mass is 10.1. The van der Waals surface area contributed by atoms with Crippen molar-refractivity contribution < 1.29 is 17.9 Å². The number of amides is 1. The first-order chi connectivity index (χ1) is 14.4. The van der Waals surface area contributed by atoms with E-state index in [1.165, 1.54) is 19.2 Å². The van der Waals surface area contributed by atoms with Crippen molar-refractivity contribution in [3.63, 3.8) is 0 Å². The Kier molecular flexibility index (Phi) is 6.71. The van der Waals surface area contributed by atoms with Crippen molar-refractivity contribution in [2.45, 2.75) is 11.4 Å². The van der Waals surface area contributed by atoms with Gasteiger partial charge in [0.05, 0.1) is 23.3 Å². The summed E-state index contributed by atoms with van der Waals surface area (Å²) in [7, 11) is -0.579. The Hall–Kier alpha value is -3.36. The first-order valence-electron chi connectivity index (χ1n) is 9.24. The minimum atomic E-state index is -3.54. The molecule has 0 aliphatic carbocycles. The number of rotatable bonds is 8. The van der Waals surface area contributed by atoms with Crippen LogP contribution >= 0.6 is 0 Å². The third-order valence-electron chi connectivity index (χ3n) is 4.47. The van der Waals surface area contributed by atoms with E-state index in [2.05, 4.69) is 15.4 Å².